The number of carboxylic acid groups (broad SMARTS) is 1. The molecule has 3 N–H and O–H groups in total. The third-order valence-electron chi connectivity index (χ3n) is 3.36. The van der Waals surface area contributed by atoms with Crippen molar-refractivity contribution in [1.82, 2.24) is 9.97 Å². The minimum Gasteiger partial charge on any atom is -0.481 e. The van der Waals surface area contributed by atoms with Crippen molar-refractivity contribution in [1.29, 1.82) is 0 Å². The number of aromatic nitrogens is 2. The molecule has 0 amide bonds. The van der Waals surface area contributed by atoms with Crippen molar-refractivity contribution in [2.75, 3.05) is 11.9 Å². The smallest absolute Gasteiger partial charge is 0.311 e. The summed E-state index contributed by atoms with van der Waals surface area (Å²) < 4.78 is 0. The van der Waals surface area contributed by atoms with Crippen LogP contribution in [0.25, 0.3) is 11.0 Å². The summed E-state index contributed by atoms with van der Waals surface area (Å²) in [7, 11) is 0. The van der Waals surface area contributed by atoms with E-state index in [1.807, 2.05) is 18.2 Å². The first kappa shape index (κ1) is 10.1. The number of carboxylic acids is 1. The van der Waals surface area contributed by atoms with Crippen LogP contribution in [0.15, 0.2) is 24.5 Å². The molecule has 0 unspecified atom stereocenters. The lowest BCUT2D eigenvalue weighted by Gasteiger charge is -2.12. The number of rotatable bonds is 4. The van der Waals surface area contributed by atoms with Crippen LogP contribution < -0.4 is 5.32 Å². The molecular formula is C12H13N3O2. The topological polar surface area (TPSA) is 78.0 Å². The lowest BCUT2D eigenvalue weighted by molar-refractivity contribution is -0.142. The van der Waals surface area contributed by atoms with Crippen molar-refractivity contribution < 1.29 is 9.90 Å². The zero-order valence-electron chi connectivity index (χ0n) is 9.23. The summed E-state index contributed by atoms with van der Waals surface area (Å²) in [5.74, 6) is -0.701. The Morgan fingerprint density at radius 2 is 2.35 bits per heavy atom. The maximum absolute atomic E-state index is 11.0. The van der Waals surface area contributed by atoms with E-state index in [1.54, 1.807) is 6.33 Å². The molecule has 1 saturated carbocycles. The number of hydrogen-bond donors (Lipinski definition) is 3. The SMILES string of the molecule is O=C(O)C1(CNc2ccc3nc[nH]c3c2)CC1. The Morgan fingerprint density at radius 3 is 3.06 bits per heavy atom. The summed E-state index contributed by atoms with van der Waals surface area (Å²) in [5, 5.41) is 12.2. The van der Waals surface area contributed by atoms with Crippen LogP contribution in [0.5, 0.6) is 0 Å². The van der Waals surface area contributed by atoms with E-state index >= 15 is 0 Å². The van der Waals surface area contributed by atoms with Gasteiger partial charge in [-0.15, -0.1) is 0 Å². The lowest BCUT2D eigenvalue weighted by atomic mass is 10.1. The number of imidazole rings is 1. The first-order chi connectivity index (χ1) is 8.20. The van der Waals surface area contributed by atoms with Crippen LogP contribution >= 0.6 is 0 Å². The van der Waals surface area contributed by atoms with Crippen molar-refractivity contribution in [2.45, 2.75) is 12.8 Å². The molecular weight excluding hydrogens is 218 g/mol. The second kappa shape index (κ2) is 3.48. The van der Waals surface area contributed by atoms with Gasteiger partial charge in [0.25, 0.3) is 0 Å². The molecule has 1 aromatic carbocycles. The van der Waals surface area contributed by atoms with E-state index in [1.165, 1.54) is 0 Å². The van der Waals surface area contributed by atoms with Gasteiger partial charge in [-0.25, -0.2) is 4.98 Å². The number of aliphatic carboxylic acids is 1. The van der Waals surface area contributed by atoms with E-state index in [9.17, 15) is 4.79 Å². The van der Waals surface area contributed by atoms with Crippen LogP contribution in [-0.2, 0) is 4.79 Å². The number of carbonyl (C=O) groups is 1. The lowest BCUT2D eigenvalue weighted by Crippen LogP contribution is -2.24. The van der Waals surface area contributed by atoms with Crippen molar-refractivity contribution >= 4 is 22.7 Å². The zero-order valence-corrected chi connectivity index (χ0v) is 9.23. The van der Waals surface area contributed by atoms with Crippen LogP contribution in [0.4, 0.5) is 5.69 Å². The van der Waals surface area contributed by atoms with Crippen LogP contribution in [0.3, 0.4) is 0 Å². The molecule has 0 atom stereocenters. The second-order valence-corrected chi connectivity index (χ2v) is 4.57. The normalized spacial score (nSPS) is 16.9. The molecule has 1 aliphatic carbocycles. The highest BCUT2D eigenvalue weighted by atomic mass is 16.4. The molecule has 1 fully saturated rings. The molecule has 2 aromatic rings. The van der Waals surface area contributed by atoms with Gasteiger partial charge in [0.1, 0.15) is 0 Å². The van der Waals surface area contributed by atoms with Crippen molar-refractivity contribution in [2.24, 2.45) is 5.41 Å². The Hall–Kier alpha value is -2.04. The van der Waals surface area contributed by atoms with Gasteiger partial charge in [-0.1, -0.05) is 0 Å². The molecule has 0 radical (unpaired) electrons. The van der Waals surface area contributed by atoms with Gasteiger partial charge < -0.3 is 15.4 Å². The van der Waals surface area contributed by atoms with E-state index in [-0.39, 0.29) is 0 Å². The zero-order chi connectivity index (χ0) is 11.9. The Morgan fingerprint density at radius 1 is 1.53 bits per heavy atom. The fraction of sp³-hybridized carbons (Fsp3) is 0.333. The predicted octanol–water partition coefficient (Wildman–Crippen LogP) is 1.84. The third-order valence-corrected chi connectivity index (χ3v) is 3.36. The molecule has 88 valence electrons. The molecule has 3 rings (SSSR count). The highest BCUT2D eigenvalue weighted by Gasteiger charge is 2.49. The van der Waals surface area contributed by atoms with Gasteiger partial charge in [-0.3, -0.25) is 4.79 Å². The molecule has 0 saturated heterocycles. The van der Waals surface area contributed by atoms with Gasteiger partial charge in [0.2, 0.25) is 0 Å². The first-order valence-corrected chi connectivity index (χ1v) is 5.60. The molecule has 5 heteroatoms. The van der Waals surface area contributed by atoms with Crippen LogP contribution in [0.1, 0.15) is 12.8 Å². The van der Waals surface area contributed by atoms with Crippen LogP contribution in [0.2, 0.25) is 0 Å². The fourth-order valence-corrected chi connectivity index (χ4v) is 1.93. The average Bonchev–Trinajstić information content (AvgIpc) is 2.98. The summed E-state index contributed by atoms with van der Waals surface area (Å²) >= 11 is 0. The Balaban J connectivity index is 1.74. The molecule has 0 aliphatic heterocycles. The number of nitrogens with zero attached hydrogens (tertiary/aromatic N) is 1. The van der Waals surface area contributed by atoms with Gasteiger partial charge in [0.05, 0.1) is 22.8 Å². The van der Waals surface area contributed by atoms with E-state index in [4.69, 9.17) is 5.11 Å². The Kier molecular flexibility index (Phi) is 2.07. The molecule has 0 bridgehead atoms. The maximum Gasteiger partial charge on any atom is 0.311 e. The molecule has 1 heterocycles. The van der Waals surface area contributed by atoms with E-state index < -0.39 is 11.4 Å². The highest BCUT2D eigenvalue weighted by molar-refractivity contribution is 5.80. The van der Waals surface area contributed by atoms with E-state index in [2.05, 4.69) is 15.3 Å². The summed E-state index contributed by atoms with van der Waals surface area (Å²) in [6, 6.07) is 5.77. The summed E-state index contributed by atoms with van der Waals surface area (Å²) in [6.45, 7) is 0.488. The van der Waals surface area contributed by atoms with Gasteiger partial charge in [-0.2, -0.15) is 0 Å². The van der Waals surface area contributed by atoms with Crippen molar-refractivity contribution in [3.8, 4) is 0 Å². The molecule has 0 spiro atoms. The van der Waals surface area contributed by atoms with Gasteiger partial charge in [0.15, 0.2) is 0 Å². The predicted molar refractivity (Wildman–Crippen MR) is 63.9 cm³/mol. The maximum atomic E-state index is 11.0. The van der Waals surface area contributed by atoms with Gasteiger partial charge >= 0.3 is 5.97 Å². The average molecular weight is 231 g/mol. The molecule has 1 aliphatic rings. The Labute approximate surface area is 97.9 Å². The summed E-state index contributed by atoms with van der Waals surface area (Å²) in [5.41, 5.74) is 2.25. The Bertz CT molecular complexity index is 572. The molecule has 5 nitrogen and oxygen atoms in total. The second-order valence-electron chi connectivity index (χ2n) is 4.57. The minimum atomic E-state index is -0.701. The third kappa shape index (κ3) is 1.73. The largest absolute Gasteiger partial charge is 0.481 e. The summed E-state index contributed by atoms with van der Waals surface area (Å²) in [6.07, 6.45) is 3.18. The number of fused-ring (bicyclic) bond motifs is 1. The molecule has 17 heavy (non-hydrogen) atoms. The first-order valence-electron chi connectivity index (χ1n) is 5.60. The fourth-order valence-electron chi connectivity index (χ4n) is 1.93. The quantitative estimate of drug-likeness (QED) is 0.750. The van der Waals surface area contributed by atoms with E-state index in [0.717, 1.165) is 29.6 Å². The van der Waals surface area contributed by atoms with E-state index in [0.29, 0.717) is 6.54 Å². The monoisotopic (exact) mass is 231 g/mol. The molecule has 1 aromatic heterocycles. The standard InChI is InChI=1S/C12H13N3O2/c16-11(17)12(3-4-12)6-13-8-1-2-9-10(5-8)15-7-14-9/h1-2,5,7,13H,3-4,6H2,(H,14,15)(H,16,17). The van der Waals surface area contributed by atoms with Gasteiger partial charge in [0, 0.05) is 12.2 Å². The highest BCUT2D eigenvalue weighted by Crippen LogP contribution is 2.45. The number of aromatic amines is 1. The van der Waals surface area contributed by atoms with Crippen molar-refractivity contribution in [3.05, 3.63) is 24.5 Å². The minimum absolute atomic E-state index is 0.488. The van der Waals surface area contributed by atoms with Crippen LogP contribution in [-0.4, -0.2) is 27.6 Å². The summed E-state index contributed by atoms with van der Waals surface area (Å²) in [4.78, 5) is 18.2. The number of nitrogens with one attached hydrogen (secondary N) is 2. The van der Waals surface area contributed by atoms with Crippen molar-refractivity contribution in [3.63, 3.8) is 0 Å². The number of hydrogen-bond acceptors (Lipinski definition) is 3. The van der Waals surface area contributed by atoms with Crippen LogP contribution in [0, 0.1) is 5.41 Å². The number of H-pyrrole nitrogens is 1. The number of anilines is 1. The van der Waals surface area contributed by atoms with Gasteiger partial charge in [-0.05, 0) is 31.0 Å². The number of benzene rings is 1.